The first-order valence-electron chi connectivity index (χ1n) is 4.35. The molecule has 0 fully saturated rings. The molecule has 0 rings (SSSR count). The lowest BCUT2D eigenvalue weighted by Crippen LogP contribution is -2.19. The van der Waals surface area contributed by atoms with Crippen molar-refractivity contribution in [2.45, 2.75) is 46.1 Å². The Morgan fingerprint density at radius 2 is 1.82 bits per heavy atom. The summed E-state index contributed by atoms with van der Waals surface area (Å²) in [5, 5.41) is 0. The minimum absolute atomic E-state index is 0.0139. The molecule has 0 aliphatic heterocycles. The molecular weight excluding hydrogens is 136 g/mol. The topological polar surface area (TPSA) is 9.23 Å². The highest BCUT2D eigenvalue weighted by atomic mass is 16.5. The molecule has 0 bridgehead atoms. The molecule has 0 N–H and O–H groups in total. The zero-order chi connectivity index (χ0) is 8.74. The summed E-state index contributed by atoms with van der Waals surface area (Å²) in [6.07, 6.45) is 6.50. The quantitative estimate of drug-likeness (QED) is 0.449. The molecule has 0 aromatic carbocycles. The number of hydrogen-bond acceptors (Lipinski definition) is 1. The Morgan fingerprint density at radius 1 is 1.18 bits per heavy atom. The van der Waals surface area contributed by atoms with Gasteiger partial charge in [0.1, 0.15) is 0 Å². The number of ether oxygens (including phenoxy) is 1. The fourth-order valence-corrected chi connectivity index (χ4v) is 0.718. The van der Waals surface area contributed by atoms with Crippen LogP contribution in [0.3, 0.4) is 0 Å². The van der Waals surface area contributed by atoms with Crippen molar-refractivity contribution in [1.82, 2.24) is 0 Å². The van der Waals surface area contributed by atoms with Gasteiger partial charge >= 0.3 is 0 Å². The molecule has 0 aliphatic carbocycles. The minimum atomic E-state index is 0.0139. The maximum atomic E-state index is 5.52. The van der Waals surface area contributed by atoms with Crippen LogP contribution >= 0.6 is 0 Å². The Morgan fingerprint density at radius 3 is 2.27 bits per heavy atom. The Balaban J connectivity index is 3.21. The van der Waals surface area contributed by atoms with Gasteiger partial charge in [-0.05, 0) is 33.6 Å². The second kappa shape index (κ2) is 5.36. The molecule has 0 spiro atoms. The molecule has 0 heterocycles. The fourth-order valence-electron chi connectivity index (χ4n) is 0.718. The largest absolute Gasteiger partial charge is 0.376 e. The van der Waals surface area contributed by atoms with Gasteiger partial charge in [-0.15, -0.1) is 0 Å². The van der Waals surface area contributed by atoms with Gasteiger partial charge in [0.15, 0.2) is 0 Å². The van der Waals surface area contributed by atoms with Crippen molar-refractivity contribution in [3.8, 4) is 0 Å². The Hall–Kier alpha value is -0.300. The monoisotopic (exact) mass is 156 g/mol. The van der Waals surface area contributed by atoms with Crippen LogP contribution in [0.2, 0.25) is 0 Å². The van der Waals surface area contributed by atoms with Crippen LogP contribution in [0.4, 0.5) is 0 Å². The summed E-state index contributed by atoms with van der Waals surface area (Å²) >= 11 is 0. The molecule has 0 radical (unpaired) electrons. The second-order valence-electron chi connectivity index (χ2n) is 3.63. The highest BCUT2D eigenvalue weighted by Crippen LogP contribution is 2.06. The van der Waals surface area contributed by atoms with Gasteiger partial charge in [0.25, 0.3) is 0 Å². The predicted octanol–water partition coefficient (Wildman–Crippen LogP) is 3.16. The van der Waals surface area contributed by atoms with Crippen molar-refractivity contribution in [3.63, 3.8) is 0 Å². The van der Waals surface area contributed by atoms with Gasteiger partial charge in [-0.3, -0.25) is 0 Å². The zero-order valence-electron chi connectivity index (χ0n) is 8.18. The highest BCUT2D eigenvalue weighted by molar-refractivity contribution is 4.79. The number of hydrogen-bond donors (Lipinski definition) is 0. The van der Waals surface area contributed by atoms with Crippen LogP contribution in [-0.4, -0.2) is 12.2 Å². The summed E-state index contributed by atoms with van der Waals surface area (Å²) in [5.74, 6) is 0. The Labute approximate surface area is 70.4 Å². The van der Waals surface area contributed by atoms with Crippen molar-refractivity contribution >= 4 is 0 Å². The van der Waals surface area contributed by atoms with Gasteiger partial charge in [-0.1, -0.05) is 19.1 Å². The summed E-state index contributed by atoms with van der Waals surface area (Å²) in [4.78, 5) is 0. The van der Waals surface area contributed by atoms with E-state index in [1.165, 1.54) is 0 Å². The molecule has 0 aromatic heterocycles. The average Bonchev–Trinajstić information content (AvgIpc) is 1.85. The first-order chi connectivity index (χ1) is 5.06. The Kier molecular flexibility index (Phi) is 5.22. The van der Waals surface area contributed by atoms with E-state index in [0.29, 0.717) is 0 Å². The molecule has 66 valence electrons. The molecule has 0 aromatic rings. The predicted molar refractivity (Wildman–Crippen MR) is 49.8 cm³/mol. The lowest BCUT2D eigenvalue weighted by molar-refractivity contribution is -0.000120. The third kappa shape index (κ3) is 9.70. The Bertz CT molecular complexity index is 109. The molecule has 0 unspecified atom stereocenters. The van der Waals surface area contributed by atoms with Crippen LogP contribution in [0.15, 0.2) is 12.2 Å². The summed E-state index contributed by atoms with van der Waals surface area (Å²) in [6, 6.07) is 0. The van der Waals surface area contributed by atoms with Gasteiger partial charge in [0, 0.05) is 0 Å². The first kappa shape index (κ1) is 10.7. The van der Waals surface area contributed by atoms with E-state index < -0.39 is 0 Å². The van der Waals surface area contributed by atoms with E-state index in [1.54, 1.807) is 0 Å². The second-order valence-corrected chi connectivity index (χ2v) is 3.63. The van der Waals surface area contributed by atoms with Gasteiger partial charge in [-0.2, -0.15) is 0 Å². The van der Waals surface area contributed by atoms with Crippen LogP contribution in [0.1, 0.15) is 40.5 Å². The van der Waals surface area contributed by atoms with Crippen LogP contribution < -0.4 is 0 Å². The maximum absolute atomic E-state index is 5.52. The van der Waals surface area contributed by atoms with E-state index in [4.69, 9.17) is 4.74 Å². The molecule has 0 saturated carbocycles. The highest BCUT2D eigenvalue weighted by Gasteiger charge is 2.07. The SMILES string of the molecule is CC/C=C/CCOC(C)(C)C. The van der Waals surface area contributed by atoms with Crippen molar-refractivity contribution in [2.24, 2.45) is 0 Å². The van der Waals surface area contributed by atoms with Crippen LogP contribution in [-0.2, 0) is 4.74 Å². The van der Waals surface area contributed by atoms with Crippen molar-refractivity contribution in [2.75, 3.05) is 6.61 Å². The minimum Gasteiger partial charge on any atom is -0.376 e. The summed E-state index contributed by atoms with van der Waals surface area (Å²) in [5.41, 5.74) is 0.0139. The average molecular weight is 156 g/mol. The van der Waals surface area contributed by atoms with Crippen molar-refractivity contribution < 1.29 is 4.74 Å². The van der Waals surface area contributed by atoms with Gasteiger partial charge < -0.3 is 4.74 Å². The van der Waals surface area contributed by atoms with Crippen LogP contribution in [0.5, 0.6) is 0 Å². The van der Waals surface area contributed by atoms with Crippen molar-refractivity contribution in [3.05, 3.63) is 12.2 Å². The molecular formula is C10H20O. The fraction of sp³-hybridized carbons (Fsp3) is 0.800. The molecule has 1 heteroatoms. The molecule has 11 heavy (non-hydrogen) atoms. The van der Waals surface area contributed by atoms with Crippen LogP contribution in [0, 0.1) is 0 Å². The summed E-state index contributed by atoms with van der Waals surface area (Å²) in [6.45, 7) is 9.21. The normalized spacial score (nSPS) is 12.7. The summed E-state index contributed by atoms with van der Waals surface area (Å²) < 4.78 is 5.52. The van der Waals surface area contributed by atoms with Gasteiger partial charge in [0.2, 0.25) is 0 Å². The summed E-state index contributed by atoms with van der Waals surface area (Å²) in [7, 11) is 0. The third-order valence-corrected chi connectivity index (χ3v) is 1.22. The number of rotatable bonds is 4. The molecule has 0 aliphatic rings. The molecule has 0 amide bonds. The van der Waals surface area contributed by atoms with Gasteiger partial charge in [0.05, 0.1) is 12.2 Å². The van der Waals surface area contributed by atoms with Gasteiger partial charge in [-0.25, -0.2) is 0 Å². The lowest BCUT2D eigenvalue weighted by Gasteiger charge is -2.18. The van der Waals surface area contributed by atoms with E-state index in [0.717, 1.165) is 19.4 Å². The van der Waals surface area contributed by atoms with E-state index >= 15 is 0 Å². The third-order valence-electron chi connectivity index (χ3n) is 1.22. The molecule has 1 nitrogen and oxygen atoms in total. The lowest BCUT2D eigenvalue weighted by atomic mass is 10.2. The van der Waals surface area contributed by atoms with E-state index in [-0.39, 0.29) is 5.60 Å². The van der Waals surface area contributed by atoms with E-state index in [1.807, 2.05) is 0 Å². The van der Waals surface area contributed by atoms with Crippen molar-refractivity contribution in [1.29, 1.82) is 0 Å². The smallest absolute Gasteiger partial charge is 0.0598 e. The van der Waals surface area contributed by atoms with E-state index in [9.17, 15) is 0 Å². The first-order valence-corrected chi connectivity index (χ1v) is 4.35. The maximum Gasteiger partial charge on any atom is 0.0598 e. The standard InChI is InChI=1S/C10H20O/c1-5-6-7-8-9-11-10(2,3)4/h6-7H,5,8-9H2,1-4H3/b7-6+. The zero-order valence-corrected chi connectivity index (χ0v) is 8.18. The number of allylic oxidation sites excluding steroid dienone is 1. The molecule has 0 saturated heterocycles. The molecule has 0 atom stereocenters. The van der Waals surface area contributed by atoms with Crippen LogP contribution in [0.25, 0.3) is 0 Å². The van der Waals surface area contributed by atoms with E-state index in [2.05, 4.69) is 39.8 Å².